The van der Waals surface area contributed by atoms with Gasteiger partial charge in [0.1, 0.15) is 11.4 Å². The first-order valence-electron chi connectivity index (χ1n) is 7.87. The number of methoxy groups -OCH3 is 1. The molecular weight excluding hydrogens is 294 g/mol. The minimum atomic E-state index is -0.472. The van der Waals surface area contributed by atoms with Gasteiger partial charge < -0.3 is 20.9 Å². The van der Waals surface area contributed by atoms with Crippen molar-refractivity contribution in [3.63, 3.8) is 0 Å². The van der Waals surface area contributed by atoms with Crippen molar-refractivity contribution in [2.45, 2.75) is 37.8 Å². The van der Waals surface area contributed by atoms with Crippen LogP contribution in [-0.2, 0) is 4.74 Å². The van der Waals surface area contributed by atoms with Crippen molar-refractivity contribution in [2.24, 2.45) is 21.5 Å². The third-order valence-corrected chi connectivity index (χ3v) is 4.29. The highest BCUT2D eigenvalue weighted by Crippen LogP contribution is 2.42. The zero-order valence-corrected chi connectivity index (χ0v) is 13.4. The summed E-state index contributed by atoms with van der Waals surface area (Å²) in [5.41, 5.74) is 12.5. The Labute approximate surface area is 136 Å². The summed E-state index contributed by atoms with van der Waals surface area (Å²) in [5, 5.41) is 0. The fraction of sp³-hybridized carbons (Fsp3) is 0.500. The van der Waals surface area contributed by atoms with Crippen LogP contribution >= 0.6 is 0 Å². The average molecular weight is 317 g/mol. The zero-order valence-electron chi connectivity index (χ0n) is 13.4. The van der Waals surface area contributed by atoms with Crippen LogP contribution in [0, 0.1) is 0 Å². The van der Waals surface area contributed by atoms with E-state index in [0.29, 0.717) is 11.7 Å². The maximum absolute atomic E-state index is 6.23. The number of guanidine groups is 2. The van der Waals surface area contributed by atoms with Crippen LogP contribution in [0.4, 0.5) is 5.69 Å². The van der Waals surface area contributed by atoms with Gasteiger partial charge in [-0.2, -0.15) is 4.99 Å². The fourth-order valence-corrected chi connectivity index (χ4v) is 3.36. The summed E-state index contributed by atoms with van der Waals surface area (Å²) in [6.07, 6.45) is 5.15. The average Bonchev–Trinajstić information content (AvgIpc) is 2.54. The number of nitrogens with two attached hydrogens (primary N) is 2. The Morgan fingerprint density at radius 3 is 2.65 bits per heavy atom. The minimum Gasteiger partial charge on any atom is -0.465 e. The number of hydrogen-bond donors (Lipinski definition) is 2. The third-order valence-electron chi connectivity index (χ3n) is 4.29. The molecule has 124 valence electrons. The predicted molar refractivity (Wildman–Crippen MR) is 90.5 cm³/mol. The lowest BCUT2D eigenvalue weighted by Crippen LogP contribution is -2.58. The molecule has 1 spiro atoms. The molecule has 0 atom stereocenters. The lowest BCUT2D eigenvalue weighted by molar-refractivity contribution is 0.0513. The molecule has 1 aliphatic heterocycles. The highest BCUT2D eigenvalue weighted by Gasteiger charge is 2.43. The topological polar surface area (TPSA) is 98.5 Å². The van der Waals surface area contributed by atoms with Crippen molar-refractivity contribution in [1.82, 2.24) is 0 Å². The van der Waals surface area contributed by atoms with E-state index in [1.807, 2.05) is 29.2 Å². The smallest absolute Gasteiger partial charge is 0.220 e. The van der Waals surface area contributed by atoms with Gasteiger partial charge in [0.2, 0.25) is 11.9 Å². The molecule has 0 amide bonds. The van der Waals surface area contributed by atoms with Gasteiger partial charge in [0.15, 0.2) is 6.79 Å². The molecule has 3 rings (SSSR count). The lowest BCUT2D eigenvalue weighted by Gasteiger charge is -2.45. The quantitative estimate of drug-likeness (QED) is 0.825. The van der Waals surface area contributed by atoms with Crippen LogP contribution in [-0.4, -0.2) is 31.5 Å². The summed E-state index contributed by atoms with van der Waals surface area (Å²) in [6.45, 7) is 0.167. The summed E-state index contributed by atoms with van der Waals surface area (Å²) >= 11 is 0. The van der Waals surface area contributed by atoms with E-state index >= 15 is 0 Å². The maximum atomic E-state index is 6.23. The summed E-state index contributed by atoms with van der Waals surface area (Å²) in [5.74, 6) is 1.29. The van der Waals surface area contributed by atoms with E-state index in [9.17, 15) is 0 Å². The molecule has 4 N–H and O–H groups in total. The SMILES string of the molecule is COCOc1ccccc1N1C(N)=NC(N)=NC12CCCCC2. The Balaban J connectivity index is 2.04. The van der Waals surface area contributed by atoms with Crippen molar-refractivity contribution in [2.75, 3.05) is 18.8 Å². The van der Waals surface area contributed by atoms with Gasteiger partial charge in [-0.3, -0.25) is 4.90 Å². The molecular formula is C16H23N5O2. The van der Waals surface area contributed by atoms with Crippen molar-refractivity contribution >= 4 is 17.6 Å². The van der Waals surface area contributed by atoms with Crippen LogP contribution in [0.25, 0.3) is 0 Å². The molecule has 0 aromatic heterocycles. The van der Waals surface area contributed by atoms with Crippen molar-refractivity contribution in [1.29, 1.82) is 0 Å². The zero-order chi connectivity index (χ0) is 16.3. The van der Waals surface area contributed by atoms with Crippen molar-refractivity contribution < 1.29 is 9.47 Å². The highest BCUT2D eigenvalue weighted by molar-refractivity contribution is 6.06. The van der Waals surface area contributed by atoms with Crippen LogP contribution in [0.2, 0.25) is 0 Å². The number of para-hydroxylation sites is 2. The second kappa shape index (κ2) is 6.45. The Bertz CT molecular complexity index is 623. The summed E-state index contributed by atoms with van der Waals surface area (Å²) < 4.78 is 10.7. The Morgan fingerprint density at radius 1 is 1.17 bits per heavy atom. The molecule has 1 aromatic carbocycles. The van der Waals surface area contributed by atoms with Crippen LogP contribution in [0.15, 0.2) is 34.3 Å². The molecule has 1 aliphatic carbocycles. The van der Waals surface area contributed by atoms with Crippen LogP contribution in [0.3, 0.4) is 0 Å². The van der Waals surface area contributed by atoms with E-state index in [1.165, 1.54) is 6.42 Å². The summed E-state index contributed by atoms with van der Waals surface area (Å²) in [4.78, 5) is 10.8. The molecule has 1 heterocycles. The number of aliphatic imine (C=N–C) groups is 2. The predicted octanol–water partition coefficient (Wildman–Crippen LogP) is 1.78. The Hall–Kier alpha value is -2.28. The number of benzene rings is 1. The van der Waals surface area contributed by atoms with E-state index in [2.05, 4.69) is 9.98 Å². The second-order valence-electron chi connectivity index (χ2n) is 5.84. The first kappa shape index (κ1) is 15.6. The van der Waals surface area contributed by atoms with Gasteiger partial charge in [0.25, 0.3) is 0 Å². The fourth-order valence-electron chi connectivity index (χ4n) is 3.36. The van der Waals surface area contributed by atoms with Gasteiger partial charge in [-0.05, 0) is 37.8 Å². The number of anilines is 1. The molecule has 1 saturated carbocycles. The molecule has 7 heteroatoms. The molecule has 7 nitrogen and oxygen atoms in total. The van der Waals surface area contributed by atoms with Gasteiger partial charge in [0, 0.05) is 7.11 Å². The van der Waals surface area contributed by atoms with Gasteiger partial charge >= 0.3 is 0 Å². The molecule has 0 saturated heterocycles. The standard InChI is InChI=1S/C16H23N5O2/c1-22-11-23-13-8-4-3-7-12(13)21-15(18)19-14(17)20-16(21)9-5-2-6-10-16/h3-4,7-8H,2,5-6,9-11H2,1H3,(H4,17,18,19,20). The molecule has 0 bridgehead atoms. The van der Waals surface area contributed by atoms with E-state index < -0.39 is 5.66 Å². The number of rotatable bonds is 4. The third kappa shape index (κ3) is 2.96. The molecule has 23 heavy (non-hydrogen) atoms. The molecule has 1 fully saturated rings. The van der Waals surface area contributed by atoms with Gasteiger partial charge in [-0.15, -0.1) is 0 Å². The summed E-state index contributed by atoms with van der Waals surface area (Å²) in [7, 11) is 1.59. The maximum Gasteiger partial charge on any atom is 0.220 e. The Kier molecular flexibility index (Phi) is 4.38. The normalized spacial score (nSPS) is 20.1. The molecule has 2 aliphatic rings. The van der Waals surface area contributed by atoms with E-state index in [1.54, 1.807) is 7.11 Å². The molecule has 0 unspecified atom stereocenters. The first-order valence-corrected chi connectivity index (χ1v) is 7.87. The van der Waals surface area contributed by atoms with Gasteiger partial charge in [0.05, 0.1) is 5.69 Å². The minimum absolute atomic E-state index is 0.167. The Morgan fingerprint density at radius 2 is 1.91 bits per heavy atom. The van der Waals surface area contributed by atoms with E-state index in [4.69, 9.17) is 20.9 Å². The number of ether oxygens (including phenoxy) is 2. The highest BCUT2D eigenvalue weighted by atomic mass is 16.7. The monoisotopic (exact) mass is 317 g/mol. The van der Waals surface area contributed by atoms with Crippen LogP contribution < -0.4 is 21.1 Å². The lowest BCUT2D eigenvalue weighted by atomic mass is 9.87. The molecule has 1 aromatic rings. The van der Waals surface area contributed by atoms with E-state index in [-0.39, 0.29) is 12.8 Å². The molecule has 0 radical (unpaired) electrons. The van der Waals surface area contributed by atoms with Crippen molar-refractivity contribution in [3.05, 3.63) is 24.3 Å². The van der Waals surface area contributed by atoms with Crippen LogP contribution in [0.5, 0.6) is 5.75 Å². The first-order chi connectivity index (χ1) is 11.2. The second-order valence-corrected chi connectivity index (χ2v) is 5.84. The van der Waals surface area contributed by atoms with Crippen molar-refractivity contribution in [3.8, 4) is 5.75 Å². The van der Waals surface area contributed by atoms with Gasteiger partial charge in [-0.1, -0.05) is 18.6 Å². The summed E-state index contributed by atoms with van der Waals surface area (Å²) in [6, 6.07) is 7.71. The largest absolute Gasteiger partial charge is 0.465 e. The van der Waals surface area contributed by atoms with Gasteiger partial charge in [-0.25, -0.2) is 4.99 Å². The van der Waals surface area contributed by atoms with Crippen LogP contribution in [0.1, 0.15) is 32.1 Å². The number of hydrogen-bond acceptors (Lipinski definition) is 7. The number of nitrogens with zero attached hydrogens (tertiary/aromatic N) is 3. The van der Waals surface area contributed by atoms with E-state index in [0.717, 1.165) is 31.4 Å².